The Labute approximate surface area is 121 Å². The van der Waals surface area contributed by atoms with Gasteiger partial charge in [-0.1, -0.05) is 18.2 Å². The molecule has 0 saturated heterocycles. The quantitative estimate of drug-likeness (QED) is 0.876. The monoisotopic (exact) mass is 290 g/mol. The zero-order chi connectivity index (χ0) is 14.5. The number of carbonyl (C=O) groups is 1. The second-order valence-corrected chi connectivity index (χ2v) is 5.31. The van der Waals surface area contributed by atoms with Gasteiger partial charge in [0, 0.05) is 10.4 Å². The Hall–Kier alpha value is -2.01. The fourth-order valence-electron chi connectivity index (χ4n) is 1.72. The Morgan fingerprint density at radius 3 is 2.90 bits per heavy atom. The number of thiazole rings is 1. The predicted molar refractivity (Wildman–Crippen MR) is 78.9 cm³/mol. The number of rotatable bonds is 4. The number of hydrogen-bond donors (Lipinski definition) is 1. The Balaban J connectivity index is 2.18. The van der Waals surface area contributed by atoms with Crippen molar-refractivity contribution in [3.8, 4) is 10.6 Å². The Kier molecular flexibility index (Phi) is 4.63. The minimum Gasteiger partial charge on any atom is -0.348 e. The van der Waals surface area contributed by atoms with E-state index in [-0.39, 0.29) is 11.7 Å². The van der Waals surface area contributed by atoms with Crippen molar-refractivity contribution >= 4 is 17.2 Å². The van der Waals surface area contributed by atoms with Crippen molar-refractivity contribution in [2.24, 2.45) is 0 Å². The molecule has 0 saturated carbocycles. The van der Waals surface area contributed by atoms with E-state index in [9.17, 15) is 9.18 Å². The summed E-state index contributed by atoms with van der Waals surface area (Å²) in [6.45, 7) is 4.05. The van der Waals surface area contributed by atoms with Crippen LogP contribution in [0.15, 0.2) is 36.4 Å². The van der Waals surface area contributed by atoms with Crippen molar-refractivity contribution in [1.29, 1.82) is 0 Å². The van der Waals surface area contributed by atoms with Gasteiger partial charge in [0.1, 0.15) is 10.8 Å². The van der Waals surface area contributed by atoms with Crippen LogP contribution in [-0.4, -0.2) is 10.9 Å². The predicted octanol–water partition coefficient (Wildman–Crippen LogP) is 3.45. The van der Waals surface area contributed by atoms with E-state index in [1.54, 1.807) is 31.2 Å². The first kappa shape index (κ1) is 14.4. The SMILES string of the molecule is CC=CC(=O)NCc1sc(-c2ccccc2F)nc1C. The molecule has 1 aromatic heterocycles. The Bertz CT molecular complexity index is 649. The minimum atomic E-state index is -0.286. The average Bonchev–Trinajstić information content (AvgIpc) is 2.78. The molecule has 0 aliphatic carbocycles. The second-order valence-electron chi connectivity index (χ2n) is 4.23. The molecule has 1 N–H and O–H groups in total. The maximum absolute atomic E-state index is 13.7. The maximum atomic E-state index is 13.7. The molecular weight excluding hydrogens is 275 g/mol. The van der Waals surface area contributed by atoms with E-state index in [1.807, 2.05) is 6.92 Å². The van der Waals surface area contributed by atoms with E-state index in [0.717, 1.165) is 10.6 Å². The number of benzene rings is 1. The van der Waals surface area contributed by atoms with Crippen LogP contribution in [0, 0.1) is 12.7 Å². The normalized spacial score (nSPS) is 10.9. The number of aromatic nitrogens is 1. The molecule has 0 bridgehead atoms. The smallest absolute Gasteiger partial charge is 0.243 e. The lowest BCUT2D eigenvalue weighted by Crippen LogP contribution is -2.19. The van der Waals surface area contributed by atoms with Gasteiger partial charge < -0.3 is 5.32 Å². The van der Waals surface area contributed by atoms with Gasteiger partial charge >= 0.3 is 0 Å². The molecule has 0 aliphatic heterocycles. The van der Waals surface area contributed by atoms with Gasteiger partial charge in [0.2, 0.25) is 5.91 Å². The van der Waals surface area contributed by atoms with E-state index in [0.29, 0.717) is 17.1 Å². The highest BCUT2D eigenvalue weighted by Crippen LogP contribution is 2.29. The second kappa shape index (κ2) is 6.43. The number of nitrogens with zero attached hydrogens (tertiary/aromatic N) is 1. The molecule has 5 heteroatoms. The van der Waals surface area contributed by atoms with Gasteiger partial charge in [-0.2, -0.15) is 0 Å². The van der Waals surface area contributed by atoms with E-state index in [2.05, 4.69) is 10.3 Å². The average molecular weight is 290 g/mol. The van der Waals surface area contributed by atoms with Gasteiger partial charge in [-0.25, -0.2) is 9.37 Å². The molecule has 3 nitrogen and oxygen atoms in total. The summed E-state index contributed by atoms with van der Waals surface area (Å²) in [5.41, 5.74) is 1.31. The molecule has 0 unspecified atom stereocenters. The third kappa shape index (κ3) is 3.30. The Morgan fingerprint density at radius 2 is 2.20 bits per heavy atom. The summed E-state index contributed by atoms with van der Waals surface area (Å²) >= 11 is 1.40. The molecule has 0 spiro atoms. The molecule has 20 heavy (non-hydrogen) atoms. The first-order valence-corrected chi connectivity index (χ1v) is 7.05. The van der Waals surface area contributed by atoms with Gasteiger partial charge in [-0.15, -0.1) is 11.3 Å². The number of halogens is 1. The lowest BCUT2D eigenvalue weighted by Gasteiger charge is -1.99. The van der Waals surface area contributed by atoms with Crippen LogP contribution in [0.3, 0.4) is 0 Å². The highest BCUT2D eigenvalue weighted by Gasteiger charge is 2.12. The van der Waals surface area contributed by atoms with Crippen LogP contribution in [0.25, 0.3) is 10.6 Å². The summed E-state index contributed by atoms with van der Waals surface area (Å²) in [7, 11) is 0. The summed E-state index contributed by atoms with van der Waals surface area (Å²) in [5, 5.41) is 3.41. The lowest BCUT2D eigenvalue weighted by atomic mass is 10.2. The highest BCUT2D eigenvalue weighted by atomic mass is 32.1. The molecule has 1 aromatic carbocycles. The van der Waals surface area contributed by atoms with Gasteiger partial charge in [0.25, 0.3) is 0 Å². The van der Waals surface area contributed by atoms with Gasteiger partial charge in [-0.05, 0) is 32.1 Å². The fraction of sp³-hybridized carbons (Fsp3) is 0.200. The Morgan fingerprint density at radius 1 is 1.45 bits per heavy atom. The van der Waals surface area contributed by atoms with E-state index in [4.69, 9.17) is 0 Å². The van der Waals surface area contributed by atoms with Crippen LogP contribution in [0.4, 0.5) is 4.39 Å². The van der Waals surface area contributed by atoms with Crippen LogP contribution in [0.2, 0.25) is 0 Å². The van der Waals surface area contributed by atoms with Crippen molar-refractivity contribution < 1.29 is 9.18 Å². The standard InChI is InChI=1S/C15H15FN2OS/c1-3-6-14(19)17-9-13-10(2)18-15(20-13)11-7-4-5-8-12(11)16/h3-8H,9H2,1-2H3,(H,17,19). The van der Waals surface area contributed by atoms with Gasteiger partial charge in [0.05, 0.1) is 12.2 Å². The molecule has 2 rings (SSSR count). The number of amides is 1. The van der Waals surface area contributed by atoms with Crippen molar-refractivity contribution in [2.75, 3.05) is 0 Å². The number of allylic oxidation sites excluding steroid dienone is 1. The molecule has 2 aromatic rings. The van der Waals surface area contributed by atoms with Crippen LogP contribution in [0.1, 0.15) is 17.5 Å². The number of nitrogens with one attached hydrogen (secondary N) is 1. The molecule has 0 aliphatic rings. The highest BCUT2D eigenvalue weighted by molar-refractivity contribution is 7.15. The van der Waals surface area contributed by atoms with Crippen LogP contribution >= 0.6 is 11.3 Å². The number of carbonyl (C=O) groups excluding carboxylic acids is 1. The zero-order valence-corrected chi connectivity index (χ0v) is 12.1. The van der Waals surface area contributed by atoms with E-state index < -0.39 is 0 Å². The molecule has 104 valence electrons. The largest absolute Gasteiger partial charge is 0.348 e. The summed E-state index contributed by atoms with van der Waals surface area (Å²) < 4.78 is 13.7. The van der Waals surface area contributed by atoms with Gasteiger partial charge in [0.15, 0.2) is 0 Å². The molecule has 0 atom stereocenters. The van der Waals surface area contributed by atoms with Gasteiger partial charge in [-0.3, -0.25) is 4.79 Å². The molecule has 0 radical (unpaired) electrons. The van der Waals surface area contributed by atoms with Crippen molar-refractivity contribution in [3.63, 3.8) is 0 Å². The summed E-state index contributed by atoms with van der Waals surface area (Å²) in [6, 6.07) is 6.55. The minimum absolute atomic E-state index is 0.146. The molecule has 1 amide bonds. The molecular formula is C15H15FN2OS. The fourth-order valence-corrected chi connectivity index (χ4v) is 2.75. The zero-order valence-electron chi connectivity index (χ0n) is 11.3. The topological polar surface area (TPSA) is 42.0 Å². The summed E-state index contributed by atoms with van der Waals surface area (Å²) in [6.07, 6.45) is 3.15. The summed E-state index contributed by atoms with van der Waals surface area (Å²) in [5.74, 6) is -0.432. The van der Waals surface area contributed by atoms with Crippen LogP contribution < -0.4 is 5.32 Å². The van der Waals surface area contributed by atoms with Crippen molar-refractivity contribution in [1.82, 2.24) is 10.3 Å². The van der Waals surface area contributed by atoms with Crippen LogP contribution in [-0.2, 0) is 11.3 Å². The lowest BCUT2D eigenvalue weighted by molar-refractivity contribution is -0.116. The third-order valence-corrected chi connectivity index (χ3v) is 3.93. The first-order chi connectivity index (χ1) is 9.61. The van der Waals surface area contributed by atoms with E-state index in [1.165, 1.54) is 23.5 Å². The van der Waals surface area contributed by atoms with Crippen molar-refractivity contribution in [3.05, 3.63) is 52.8 Å². The number of hydrogen-bond acceptors (Lipinski definition) is 3. The molecule has 0 fully saturated rings. The number of aryl methyl sites for hydroxylation is 1. The van der Waals surface area contributed by atoms with Crippen molar-refractivity contribution in [2.45, 2.75) is 20.4 Å². The summed E-state index contributed by atoms with van der Waals surface area (Å²) in [4.78, 5) is 16.7. The first-order valence-electron chi connectivity index (χ1n) is 6.23. The third-order valence-electron chi connectivity index (χ3n) is 2.74. The maximum Gasteiger partial charge on any atom is 0.243 e. The van der Waals surface area contributed by atoms with Crippen LogP contribution in [0.5, 0.6) is 0 Å². The van der Waals surface area contributed by atoms with E-state index >= 15 is 0 Å². The molecule has 1 heterocycles.